The van der Waals surface area contributed by atoms with Crippen LogP contribution in [0.25, 0.3) is 0 Å². The van der Waals surface area contributed by atoms with Gasteiger partial charge in [0.05, 0.1) is 0 Å². The molecule has 2 aliphatic rings. The standard InChI is InChI=1S/C26H29F3O/c1-2-3-4-5-18-6-14-24-21(16-18)7-8-22-17-20(11-15-25(22)24)19-9-12-23(13-10-19)30-26(27,28)29/h2-3,7-10,12-13,18,20H,4-6,11,14-17H2,1H3/b3-2+/t18-,20-/m0/s1. The summed E-state index contributed by atoms with van der Waals surface area (Å²) in [7, 11) is 0. The lowest BCUT2D eigenvalue weighted by molar-refractivity contribution is -0.274. The molecular weight excluding hydrogens is 385 g/mol. The molecule has 4 rings (SSSR count). The number of allylic oxidation sites excluding steroid dienone is 2. The maximum Gasteiger partial charge on any atom is 0.573 e. The molecule has 0 N–H and O–H groups in total. The van der Waals surface area contributed by atoms with E-state index in [0.717, 1.165) is 30.7 Å². The lowest BCUT2D eigenvalue weighted by atomic mass is 9.73. The number of halogens is 3. The third-order valence-corrected chi connectivity index (χ3v) is 6.71. The van der Waals surface area contributed by atoms with Gasteiger partial charge >= 0.3 is 6.36 Å². The highest BCUT2D eigenvalue weighted by Crippen LogP contribution is 2.39. The molecule has 0 saturated heterocycles. The van der Waals surface area contributed by atoms with Crippen LogP contribution in [0.3, 0.4) is 0 Å². The van der Waals surface area contributed by atoms with Crippen molar-refractivity contribution in [3.8, 4) is 5.75 Å². The summed E-state index contributed by atoms with van der Waals surface area (Å²) in [5.41, 5.74) is 7.19. The fraction of sp³-hybridized carbons (Fsp3) is 0.462. The Bertz CT molecular complexity index is 896. The molecule has 0 spiro atoms. The summed E-state index contributed by atoms with van der Waals surface area (Å²) in [5.74, 6) is 0.994. The van der Waals surface area contributed by atoms with Crippen molar-refractivity contribution in [3.05, 3.63) is 76.4 Å². The second-order valence-corrected chi connectivity index (χ2v) is 8.65. The Balaban J connectivity index is 1.44. The van der Waals surface area contributed by atoms with Gasteiger partial charge in [0, 0.05) is 0 Å². The molecule has 2 aliphatic carbocycles. The average molecular weight is 415 g/mol. The summed E-state index contributed by atoms with van der Waals surface area (Å²) in [5, 5.41) is 0. The van der Waals surface area contributed by atoms with E-state index in [0.29, 0.717) is 5.92 Å². The monoisotopic (exact) mass is 414 g/mol. The van der Waals surface area contributed by atoms with Gasteiger partial charge in [-0.25, -0.2) is 0 Å². The van der Waals surface area contributed by atoms with Crippen molar-refractivity contribution >= 4 is 0 Å². The molecule has 0 aromatic heterocycles. The van der Waals surface area contributed by atoms with Crippen LogP contribution in [0.5, 0.6) is 5.75 Å². The van der Waals surface area contributed by atoms with Crippen molar-refractivity contribution in [2.75, 3.05) is 0 Å². The van der Waals surface area contributed by atoms with Crippen LogP contribution in [0.1, 0.15) is 66.3 Å². The van der Waals surface area contributed by atoms with Crippen LogP contribution in [0.2, 0.25) is 0 Å². The van der Waals surface area contributed by atoms with Gasteiger partial charge in [0.25, 0.3) is 0 Å². The quantitative estimate of drug-likeness (QED) is 0.466. The number of fused-ring (bicyclic) bond motifs is 3. The largest absolute Gasteiger partial charge is 0.573 e. The summed E-state index contributed by atoms with van der Waals surface area (Å²) >= 11 is 0. The zero-order valence-electron chi connectivity index (χ0n) is 17.5. The highest BCUT2D eigenvalue weighted by molar-refractivity contribution is 5.45. The lowest BCUT2D eigenvalue weighted by Gasteiger charge is -2.32. The molecule has 0 heterocycles. The van der Waals surface area contributed by atoms with Crippen LogP contribution < -0.4 is 4.74 Å². The Morgan fingerprint density at radius 2 is 1.60 bits per heavy atom. The summed E-state index contributed by atoms with van der Waals surface area (Å²) in [6, 6.07) is 11.1. The number of ether oxygens (including phenoxy) is 1. The molecule has 0 bridgehead atoms. The van der Waals surface area contributed by atoms with Gasteiger partial charge in [0.1, 0.15) is 5.75 Å². The minimum absolute atomic E-state index is 0.152. The second kappa shape index (κ2) is 8.87. The van der Waals surface area contributed by atoms with Crippen LogP contribution in [0.15, 0.2) is 48.6 Å². The first-order chi connectivity index (χ1) is 14.4. The van der Waals surface area contributed by atoms with Crippen molar-refractivity contribution < 1.29 is 17.9 Å². The number of rotatable bonds is 5. The number of hydrogen-bond donors (Lipinski definition) is 0. The van der Waals surface area contributed by atoms with Crippen molar-refractivity contribution in [3.63, 3.8) is 0 Å². The zero-order chi connectivity index (χ0) is 21.1. The number of alkyl halides is 3. The van der Waals surface area contributed by atoms with Crippen LogP contribution in [-0.4, -0.2) is 6.36 Å². The number of benzene rings is 2. The highest BCUT2D eigenvalue weighted by atomic mass is 19.4. The topological polar surface area (TPSA) is 9.23 Å². The minimum Gasteiger partial charge on any atom is -0.406 e. The zero-order valence-corrected chi connectivity index (χ0v) is 17.5. The van der Waals surface area contributed by atoms with Crippen molar-refractivity contribution in [2.24, 2.45) is 5.92 Å². The van der Waals surface area contributed by atoms with Crippen molar-refractivity contribution in [1.29, 1.82) is 0 Å². The van der Waals surface area contributed by atoms with E-state index < -0.39 is 6.36 Å². The predicted molar refractivity (Wildman–Crippen MR) is 114 cm³/mol. The van der Waals surface area contributed by atoms with E-state index in [9.17, 15) is 13.2 Å². The van der Waals surface area contributed by atoms with Gasteiger partial charge in [-0.2, -0.15) is 0 Å². The summed E-state index contributed by atoms with van der Waals surface area (Å²) in [6.07, 6.45) is 8.96. The van der Waals surface area contributed by atoms with E-state index in [1.165, 1.54) is 55.4 Å². The third-order valence-electron chi connectivity index (χ3n) is 6.71. The van der Waals surface area contributed by atoms with Gasteiger partial charge in [-0.15, -0.1) is 13.2 Å². The Morgan fingerprint density at radius 1 is 0.933 bits per heavy atom. The smallest absolute Gasteiger partial charge is 0.406 e. The normalized spacial score (nSPS) is 21.3. The summed E-state index contributed by atoms with van der Waals surface area (Å²) < 4.78 is 41.1. The molecule has 1 nitrogen and oxygen atoms in total. The molecule has 2 aromatic carbocycles. The molecule has 0 unspecified atom stereocenters. The predicted octanol–water partition coefficient (Wildman–Crippen LogP) is 7.32. The average Bonchev–Trinajstić information content (AvgIpc) is 2.73. The molecule has 0 fully saturated rings. The van der Waals surface area contributed by atoms with Gasteiger partial charge < -0.3 is 4.74 Å². The van der Waals surface area contributed by atoms with E-state index >= 15 is 0 Å². The van der Waals surface area contributed by atoms with Gasteiger partial charge in [-0.05, 0) is 110 Å². The lowest BCUT2D eigenvalue weighted by Crippen LogP contribution is -2.20. The fourth-order valence-corrected chi connectivity index (χ4v) is 5.21. The second-order valence-electron chi connectivity index (χ2n) is 8.65. The van der Waals surface area contributed by atoms with E-state index in [4.69, 9.17) is 0 Å². The molecule has 0 radical (unpaired) electrons. The number of hydrogen-bond acceptors (Lipinski definition) is 1. The first-order valence-corrected chi connectivity index (χ1v) is 11.0. The van der Waals surface area contributed by atoms with E-state index in [-0.39, 0.29) is 5.75 Å². The van der Waals surface area contributed by atoms with E-state index in [1.807, 2.05) is 0 Å². The Kier molecular flexibility index (Phi) is 6.21. The van der Waals surface area contributed by atoms with Crippen LogP contribution in [0.4, 0.5) is 13.2 Å². The molecule has 0 amide bonds. The van der Waals surface area contributed by atoms with Crippen LogP contribution in [-0.2, 0) is 25.7 Å². The van der Waals surface area contributed by atoms with Crippen molar-refractivity contribution in [1.82, 2.24) is 0 Å². The molecule has 160 valence electrons. The van der Waals surface area contributed by atoms with Gasteiger partial charge in [0.2, 0.25) is 0 Å². The maximum absolute atomic E-state index is 12.4. The summed E-state index contributed by atoms with van der Waals surface area (Å²) in [6.45, 7) is 2.08. The third kappa shape index (κ3) is 4.91. The minimum atomic E-state index is -4.64. The SMILES string of the molecule is C/C=C/CC[C@H]1CCc2c(ccc3c2CC[C@H](c2ccc(OC(F)(F)F)cc2)C3)C1. The fourth-order valence-electron chi connectivity index (χ4n) is 5.21. The first-order valence-electron chi connectivity index (χ1n) is 11.0. The molecule has 4 heteroatoms. The molecule has 2 atom stereocenters. The Hall–Kier alpha value is -2.23. The Labute approximate surface area is 177 Å². The van der Waals surface area contributed by atoms with Gasteiger partial charge in [0.15, 0.2) is 0 Å². The molecular formula is C26H29F3O. The molecule has 2 aromatic rings. The van der Waals surface area contributed by atoms with E-state index in [2.05, 4.69) is 35.9 Å². The molecule has 0 saturated carbocycles. The van der Waals surface area contributed by atoms with Gasteiger partial charge in [-0.3, -0.25) is 0 Å². The first kappa shape index (κ1) is 21.0. The van der Waals surface area contributed by atoms with Gasteiger partial charge in [-0.1, -0.05) is 36.4 Å². The van der Waals surface area contributed by atoms with Crippen molar-refractivity contribution in [2.45, 2.75) is 70.6 Å². The van der Waals surface area contributed by atoms with E-state index in [1.54, 1.807) is 23.3 Å². The maximum atomic E-state index is 12.4. The summed E-state index contributed by atoms with van der Waals surface area (Å²) in [4.78, 5) is 0. The highest BCUT2D eigenvalue weighted by Gasteiger charge is 2.31. The van der Waals surface area contributed by atoms with Crippen LogP contribution in [0, 0.1) is 5.92 Å². The molecule has 30 heavy (non-hydrogen) atoms. The Morgan fingerprint density at radius 3 is 2.27 bits per heavy atom. The molecule has 0 aliphatic heterocycles. The van der Waals surface area contributed by atoms with Crippen LogP contribution >= 0.6 is 0 Å².